The molecule has 23 heavy (non-hydrogen) atoms. The molecule has 2 rings (SSSR count). The largest absolute Gasteiger partial charge is 0.394 e. The fraction of sp³-hybridized carbons (Fsp3) is 0.333. The first-order valence-electron chi connectivity index (χ1n) is 7.00. The Hall–Kier alpha value is -2.19. The van der Waals surface area contributed by atoms with E-state index in [4.69, 9.17) is 5.11 Å². The normalized spacial score (nSPS) is 12.3. The number of hydrogen-bond acceptors (Lipinski definition) is 5. The van der Waals surface area contributed by atoms with Crippen LogP contribution in [0, 0.1) is 17.5 Å². The summed E-state index contributed by atoms with van der Waals surface area (Å²) in [4.78, 5) is 8.26. The highest BCUT2D eigenvalue weighted by atomic mass is 19.2. The Labute approximate surface area is 130 Å². The molecule has 1 aromatic carbocycles. The number of anilines is 1. The van der Waals surface area contributed by atoms with E-state index in [-0.39, 0.29) is 17.9 Å². The molecule has 0 radical (unpaired) electrons. The van der Waals surface area contributed by atoms with Gasteiger partial charge < -0.3 is 15.5 Å². The average Bonchev–Trinajstić information content (AvgIpc) is 2.56. The van der Waals surface area contributed by atoms with E-state index in [0.717, 1.165) is 12.1 Å². The van der Waals surface area contributed by atoms with Gasteiger partial charge in [0, 0.05) is 23.9 Å². The maximum absolute atomic E-state index is 13.4. The molecule has 1 atom stereocenters. The second-order valence-electron chi connectivity index (χ2n) is 4.89. The van der Waals surface area contributed by atoms with Crippen LogP contribution < -0.4 is 5.32 Å². The summed E-state index contributed by atoms with van der Waals surface area (Å²) in [5.41, 5.74) is 0.601. The first-order valence-corrected chi connectivity index (χ1v) is 7.00. The lowest BCUT2D eigenvalue weighted by Gasteiger charge is -2.12. The fourth-order valence-corrected chi connectivity index (χ4v) is 1.87. The number of aliphatic hydroxyl groups excluding tert-OH is 2. The van der Waals surface area contributed by atoms with Crippen LogP contribution in [0.1, 0.15) is 12.6 Å². The van der Waals surface area contributed by atoms with Crippen LogP contribution in [0.2, 0.25) is 0 Å². The molecule has 0 fully saturated rings. The number of aliphatic hydroxyl groups is 2. The monoisotopic (exact) mass is 327 g/mol. The third-order valence-corrected chi connectivity index (χ3v) is 3.11. The summed E-state index contributed by atoms with van der Waals surface area (Å²) in [7, 11) is 0. The molecule has 8 heteroatoms. The smallest absolute Gasteiger partial charge is 0.194 e. The van der Waals surface area contributed by atoms with E-state index in [1.807, 2.05) is 6.92 Å². The van der Waals surface area contributed by atoms with Crippen molar-refractivity contribution in [2.75, 3.05) is 18.5 Å². The lowest BCUT2D eigenvalue weighted by molar-refractivity contribution is 0.105. The van der Waals surface area contributed by atoms with Gasteiger partial charge in [0.05, 0.1) is 12.7 Å². The second kappa shape index (κ2) is 7.38. The molecular formula is C15H16F3N3O2. The summed E-state index contributed by atoms with van der Waals surface area (Å²) in [5, 5.41) is 20.9. The number of rotatable bonds is 6. The molecule has 0 aliphatic rings. The van der Waals surface area contributed by atoms with Crippen molar-refractivity contribution in [2.24, 2.45) is 0 Å². The molecule has 0 aliphatic carbocycles. The number of nitrogens with zero attached hydrogens (tertiary/aromatic N) is 2. The molecule has 0 saturated heterocycles. The van der Waals surface area contributed by atoms with E-state index in [1.54, 1.807) is 6.07 Å². The van der Waals surface area contributed by atoms with Crippen molar-refractivity contribution in [1.29, 1.82) is 0 Å². The first-order chi connectivity index (χ1) is 10.9. The minimum atomic E-state index is -1.55. The maximum Gasteiger partial charge on any atom is 0.194 e. The van der Waals surface area contributed by atoms with Crippen LogP contribution in [0.25, 0.3) is 11.4 Å². The molecule has 1 unspecified atom stereocenters. The lowest BCUT2D eigenvalue weighted by atomic mass is 10.2. The van der Waals surface area contributed by atoms with Crippen molar-refractivity contribution in [2.45, 2.75) is 19.4 Å². The van der Waals surface area contributed by atoms with Crippen LogP contribution in [-0.4, -0.2) is 39.4 Å². The molecule has 5 nitrogen and oxygen atoms in total. The standard InChI is InChI=1S/C15H16F3N3O2/c1-2-9-5-13(19-6-10(23)7-22)21-15(20-9)8-3-11(16)14(18)12(17)4-8/h3-5,10,22-23H,2,6-7H2,1H3,(H,19,20,21). The Balaban J connectivity index is 2.38. The van der Waals surface area contributed by atoms with Crippen molar-refractivity contribution in [3.05, 3.63) is 41.3 Å². The summed E-state index contributed by atoms with van der Waals surface area (Å²) in [6, 6.07) is 3.25. The Morgan fingerprint density at radius 1 is 1.13 bits per heavy atom. The zero-order chi connectivity index (χ0) is 17.0. The highest BCUT2D eigenvalue weighted by Crippen LogP contribution is 2.22. The maximum atomic E-state index is 13.4. The number of aryl methyl sites for hydroxylation is 1. The average molecular weight is 327 g/mol. The molecular weight excluding hydrogens is 311 g/mol. The molecule has 0 bridgehead atoms. The topological polar surface area (TPSA) is 78.3 Å². The van der Waals surface area contributed by atoms with Crippen LogP contribution in [0.5, 0.6) is 0 Å². The van der Waals surface area contributed by atoms with Crippen LogP contribution in [0.15, 0.2) is 18.2 Å². The van der Waals surface area contributed by atoms with Crippen LogP contribution >= 0.6 is 0 Å². The van der Waals surface area contributed by atoms with Gasteiger partial charge >= 0.3 is 0 Å². The van der Waals surface area contributed by atoms with Crippen molar-refractivity contribution >= 4 is 5.82 Å². The van der Waals surface area contributed by atoms with Gasteiger partial charge in [-0.25, -0.2) is 23.1 Å². The summed E-state index contributed by atoms with van der Waals surface area (Å²) < 4.78 is 39.8. The van der Waals surface area contributed by atoms with Crippen molar-refractivity contribution in [3.8, 4) is 11.4 Å². The predicted octanol–water partition coefficient (Wildman–Crippen LogP) is 1.89. The number of aromatic nitrogens is 2. The zero-order valence-electron chi connectivity index (χ0n) is 12.4. The molecule has 1 aromatic heterocycles. The summed E-state index contributed by atoms with van der Waals surface area (Å²) in [6.07, 6.45) is -0.432. The van der Waals surface area contributed by atoms with Gasteiger partial charge in [-0.3, -0.25) is 0 Å². The van der Waals surface area contributed by atoms with E-state index in [0.29, 0.717) is 17.9 Å². The Bertz CT molecular complexity index is 675. The molecule has 3 N–H and O–H groups in total. The number of nitrogens with one attached hydrogen (secondary N) is 1. The molecule has 0 amide bonds. The third kappa shape index (κ3) is 4.17. The molecule has 0 saturated carbocycles. The predicted molar refractivity (Wildman–Crippen MR) is 78.3 cm³/mol. The number of hydrogen-bond donors (Lipinski definition) is 3. The molecule has 0 aliphatic heterocycles. The number of halogens is 3. The quantitative estimate of drug-likeness (QED) is 0.706. The van der Waals surface area contributed by atoms with E-state index >= 15 is 0 Å². The second-order valence-corrected chi connectivity index (χ2v) is 4.89. The summed E-state index contributed by atoms with van der Waals surface area (Å²) in [5.74, 6) is -3.84. The van der Waals surface area contributed by atoms with Gasteiger partial charge in [-0.05, 0) is 18.6 Å². The Kier molecular flexibility index (Phi) is 5.51. The number of benzene rings is 1. The van der Waals surface area contributed by atoms with Gasteiger partial charge in [0.15, 0.2) is 23.3 Å². The highest BCUT2D eigenvalue weighted by Gasteiger charge is 2.14. The van der Waals surface area contributed by atoms with Crippen molar-refractivity contribution < 1.29 is 23.4 Å². The van der Waals surface area contributed by atoms with E-state index < -0.39 is 30.2 Å². The van der Waals surface area contributed by atoms with Gasteiger partial charge in [-0.15, -0.1) is 0 Å². The van der Waals surface area contributed by atoms with Gasteiger partial charge in [-0.1, -0.05) is 6.92 Å². The van der Waals surface area contributed by atoms with Gasteiger partial charge in [0.2, 0.25) is 0 Å². The molecule has 2 aromatic rings. The lowest BCUT2D eigenvalue weighted by Crippen LogP contribution is -2.23. The Morgan fingerprint density at radius 2 is 1.78 bits per heavy atom. The summed E-state index contributed by atoms with van der Waals surface area (Å²) >= 11 is 0. The van der Waals surface area contributed by atoms with Crippen molar-refractivity contribution in [1.82, 2.24) is 9.97 Å². The first kappa shape index (κ1) is 17.2. The molecule has 0 spiro atoms. The fourth-order valence-electron chi connectivity index (χ4n) is 1.87. The van der Waals surface area contributed by atoms with Crippen LogP contribution in [0.4, 0.5) is 19.0 Å². The van der Waals surface area contributed by atoms with Gasteiger partial charge in [0.25, 0.3) is 0 Å². The van der Waals surface area contributed by atoms with Crippen LogP contribution in [0.3, 0.4) is 0 Å². The molecule has 1 heterocycles. The van der Waals surface area contributed by atoms with E-state index in [1.165, 1.54) is 0 Å². The minimum Gasteiger partial charge on any atom is -0.394 e. The molecule has 124 valence electrons. The van der Waals surface area contributed by atoms with E-state index in [9.17, 15) is 18.3 Å². The van der Waals surface area contributed by atoms with Crippen LogP contribution in [-0.2, 0) is 6.42 Å². The Morgan fingerprint density at radius 3 is 2.35 bits per heavy atom. The third-order valence-electron chi connectivity index (χ3n) is 3.11. The van der Waals surface area contributed by atoms with Gasteiger partial charge in [-0.2, -0.15) is 0 Å². The van der Waals surface area contributed by atoms with Gasteiger partial charge in [0.1, 0.15) is 5.82 Å². The van der Waals surface area contributed by atoms with Crippen molar-refractivity contribution in [3.63, 3.8) is 0 Å². The van der Waals surface area contributed by atoms with E-state index in [2.05, 4.69) is 15.3 Å². The zero-order valence-corrected chi connectivity index (χ0v) is 12.4. The SMILES string of the molecule is CCc1cc(NCC(O)CO)nc(-c2cc(F)c(F)c(F)c2)n1. The summed E-state index contributed by atoms with van der Waals surface area (Å²) in [6.45, 7) is 1.46. The minimum absolute atomic E-state index is 0.00227. The highest BCUT2D eigenvalue weighted by molar-refractivity contribution is 5.58.